The SMILES string of the molecule is CC(=O)N[C@@H]1[C@@H](O)[C@H](O[C@@H]2O[C@H](CO)[C@@H](O[C@@H]3O[C@H](CO[C@H]4O[C@H](CO)[C@@H](O)[C@H](O)[C@@H]4O)[C@@H](O)[C@H](O[C@H]4O[C@H](CO)[C@@H](O)[C@H](O)[C@@H]4O[C@H]4O[C@H](CO)[C@@H](O)[C@H](O)[C@@H]4O)[C@@H]3O)[C@H](O)[C@H]2NC(C)=O)[C@@H](CO)O[C@H]1O. The molecule has 30 atom stereocenters. The Morgan fingerprint density at radius 3 is 1.27 bits per heavy atom. The molecule has 73 heavy (non-hydrogen) atoms. The van der Waals surface area contributed by atoms with Crippen molar-refractivity contribution in [2.45, 2.75) is 198 Å². The van der Waals surface area contributed by atoms with Crippen LogP contribution in [0.25, 0.3) is 0 Å². The van der Waals surface area contributed by atoms with Gasteiger partial charge in [0, 0.05) is 13.8 Å². The van der Waals surface area contributed by atoms with E-state index in [9.17, 15) is 102 Å². The average Bonchev–Trinajstić information content (AvgIpc) is 3.35. The van der Waals surface area contributed by atoms with Crippen LogP contribution in [0.5, 0.6) is 0 Å². The number of ether oxygens (including phenoxy) is 11. The molecule has 6 fully saturated rings. The van der Waals surface area contributed by atoms with Crippen molar-refractivity contribution in [2.75, 3.05) is 39.6 Å². The first-order valence-electron chi connectivity index (χ1n) is 23.1. The van der Waals surface area contributed by atoms with E-state index in [4.69, 9.17) is 52.1 Å². The Morgan fingerprint density at radius 1 is 0.356 bits per heavy atom. The van der Waals surface area contributed by atoms with Crippen molar-refractivity contribution in [3.63, 3.8) is 0 Å². The second-order valence-electron chi connectivity index (χ2n) is 18.3. The number of aliphatic hydroxyl groups excluding tert-OH is 18. The highest BCUT2D eigenvalue weighted by molar-refractivity contribution is 5.73. The molecular weight excluding hydrogens is 1000 g/mol. The maximum absolute atomic E-state index is 12.6. The van der Waals surface area contributed by atoms with E-state index in [0.717, 1.165) is 13.8 Å². The standard InChI is InChI=1S/C40H68N2O31/c1-9(48)41-17-23(54)31(14(6-46)64-35(17)62)70-36-18(42-10(2)49)24(55)32(15(7-47)68-36)71-39-30(61)33(22(53)16(69-39)8-63-37-28(59)25(56)19(50)11(3-43)65-37)72-40-34(27(58)21(52)13(5-45)67-40)73-38-29(60)26(57)20(51)12(4-44)66-38/h11-40,43-47,50-62H,3-8H2,1-2H3,(H,41,48)(H,42,49)/t11-,12-,13-,14-,15-,16-,17-,18-,19-,20-,21-,22-,23-,24-,25+,26+,27+,28+,29+,30+,31-,32-,33+,34+,35-,36+,37+,38-,39+,40-/m1/s1. The normalized spacial score (nSPS) is 49.8. The van der Waals surface area contributed by atoms with Gasteiger partial charge in [-0.3, -0.25) is 9.59 Å². The number of hydrogen-bond acceptors (Lipinski definition) is 31. The first-order chi connectivity index (χ1) is 34.5. The molecule has 0 saturated carbocycles. The van der Waals surface area contributed by atoms with Crippen molar-refractivity contribution in [1.29, 1.82) is 0 Å². The molecule has 0 aromatic heterocycles. The Labute approximate surface area is 413 Å². The summed E-state index contributed by atoms with van der Waals surface area (Å²) in [4.78, 5) is 24.5. The molecule has 20 N–H and O–H groups in total. The molecule has 6 heterocycles. The Bertz CT molecular complexity index is 1750. The van der Waals surface area contributed by atoms with Crippen molar-refractivity contribution in [1.82, 2.24) is 10.6 Å². The summed E-state index contributed by atoms with van der Waals surface area (Å²) in [6.45, 7) is -3.66. The lowest BCUT2D eigenvalue weighted by Crippen LogP contribution is -2.70. The second kappa shape index (κ2) is 26.0. The van der Waals surface area contributed by atoms with Crippen molar-refractivity contribution in [3.05, 3.63) is 0 Å². The van der Waals surface area contributed by atoms with E-state index < -0.39 is 236 Å². The van der Waals surface area contributed by atoms with Crippen LogP contribution in [0.1, 0.15) is 13.8 Å². The van der Waals surface area contributed by atoms with Crippen molar-refractivity contribution >= 4 is 11.8 Å². The number of hydrogen-bond donors (Lipinski definition) is 20. The fraction of sp³-hybridized carbons (Fsp3) is 0.950. The number of amides is 2. The molecule has 6 aliphatic rings. The molecule has 0 aromatic rings. The minimum atomic E-state index is -2.33. The molecule has 2 amide bonds. The van der Waals surface area contributed by atoms with E-state index in [2.05, 4.69) is 10.6 Å². The van der Waals surface area contributed by atoms with Crippen LogP contribution in [0.2, 0.25) is 0 Å². The van der Waals surface area contributed by atoms with E-state index >= 15 is 0 Å². The van der Waals surface area contributed by atoms with Gasteiger partial charge in [0.1, 0.15) is 146 Å². The Kier molecular flexibility index (Phi) is 21.3. The van der Waals surface area contributed by atoms with Gasteiger partial charge in [0.05, 0.1) is 39.6 Å². The van der Waals surface area contributed by atoms with E-state index in [-0.39, 0.29) is 0 Å². The quantitative estimate of drug-likeness (QED) is 0.0606. The van der Waals surface area contributed by atoms with Crippen LogP contribution in [0.4, 0.5) is 0 Å². The maximum Gasteiger partial charge on any atom is 0.217 e. The van der Waals surface area contributed by atoms with Crippen molar-refractivity contribution in [3.8, 4) is 0 Å². The van der Waals surface area contributed by atoms with Crippen LogP contribution in [0, 0.1) is 0 Å². The lowest BCUT2D eigenvalue weighted by molar-refractivity contribution is -0.398. The summed E-state index contributed by atoms with van der Waals surface area (Å²) in [5.41, 5.74) is 0. The topological polar surface area (TPSA) is 524 Å². The van der Waals surface area contributed by atoms with Gasteiger partial charge in [-0.05, 0) is 0 Å². The third-order valence-electron chi connectivity index (χ3n) is 13.2. The summed E-state index contributed by atoms with van der Waals surface area (Å²) in [6.07, 6.45) is -54.2. The zero-order valence-electron chi connectivity index (χ0n) is 38.9. The summed E-state index contributed by atoms with van der Waals surface area (Å²) in [5, 5.41) is 197. The lowest BCUT2D eigenvalue weighted by atomic mass is 9.94. The van der Waals surface area contributed by atoms with Gasteiger partial charge in [-0.15, -0.1) is 0 Å². The van der Waals surface area contributed by atoms with Crippen molar-refractivity contribution in [2.24, 2.45) is 0 Å². The van der Waals surface area contributed by atoms with Gasteiger partial charge in [-0.2, -0.15) is 0 Å². The third-order valence-corrected chi connectivity index (χ3v) is 13.2. The van der Waals surface area contributed by atoms with Gasteiger partial charge in [0.25, 0.3) is 0 Å². The molecule has 33 nitrogen and oxygen atoms in total. The largest absolute Gasteiger partial charge is 0.394 e. The molecular formula is C40H68N2O31. The van der Waals surface area contributed by atoms with Crippen LogP contribution in [-0.2, 0) is 61.7 Å². The first kappa shape index (κ1) is 60.0. The predicted octanol–water partition coefficient (Wildman–Crippen LogP) is -13.8. The molecule has 0 radical (unpaired) electrons. The molecule has 0 aromatic carbocycles. The molecule has 424 valence electrons. The Hall–Kier alpha value is -2.22. The highest BCUT2D eigenvalue weighted by Crippen LogP contribution is 2.37. The second-order valence-corrected chi connectivity index (χ2v) is 18.3. The third kappa shape index (κ3) is 13.0. The van der Waals surface area contributed by atoms with Gasteiger partial charge in [-0.25, -0.2) is 0 Å². The average molecular weight is 1070 g/mol. The summed E-state index contributed by atoms with van der Waals surface area (Å²) in [7, 11) is 0. The predicted molar refractivity (Wildman–Crippen MR) is 222 cm³/mol. The molecule has 6 saturated heterocycles. The van der Waals surface area contributed by atoms with Crippen LogP contribution < -0.4 is 10.6 Å². The van der Waals surface area contributed by atoms with Gasteiger partial charge in [-0.1, -0.05) is 0 Å². The zero-order chi connectivity index (χ0) is 53.9. The Balaban J connectivity index is 1.31. The number of rotatable bonds is 18. The molecule has 33 heteroatoms. The number of carbonyl (C=O) groups excluding carboxylic acids is 2. The van der Waals surface area contributed by atoms with Crippen LogP contribution >= 0.6 is 0 Å². The van der Waals surface area contributed by atoms with Crippen LogP contribution in [-0.4, -0.2) is 327 Å². The molecule has 6 aliphatic heterocycles. The lowest BCUT2D eigenvalue weighted by Gasteiger charge is -2.50. The van der Waals surface area contributed by atoms with Gasteiger partial charge >= 0.3 is 0 Å². The zero-order valence-corrected chi connectivity index (χ0v) is 38.9. The molecule has 0 spiro atoms. The fourth-order valence-corrected chi connectivity index (χ4v) is 9.20. The van der Waals surface area contributed by atoms with Crippen LogP contribution in [0.3, 0.4) is 0 Å². The van der Waals surface area contributed by atoms with E-state index in [0.29, 0.717) is 0 Å². The van der Waals surface area contributed by atoms with Gasteiger partial charge < -0.3 is 155 Å². The first-order valence-corrected chi connectivity index (χ1v) is 23.1. The summed E-state index contributed by atoms with van der Waals surface area (Å²) in [6, 6.07) is -3.31. The highest BCUT2D eigenvalue weighted by Gasteiger charge is 2.58. The molecule has 0 aliphatic carbocycles. The van der Waals surface area contributed by atoms with Gasteiger partial charge in [0.2, 0.25) is 11.8 Å². The summed E-state index contributed by atoms with van der Waals surface area (Å²) in [5.74, 6) is -1.56. The maximum atomic E-state index is 12.6. The molecule has 6 rings (SSSR count). The van der Waals surface area contributed by atoms with E-state index in [1.54, 1.807) is 0 Å². The van der Waals surface area contributed by atoms with E-state index in [1.165, 1.54) is 0 Å². The smallest absolute Gasteiger partial charge is 0.217 e. The molecule has 0 unspecified atom stereocenters. The minimum Gasteiger partial charge on any atom is -0.394 e. The van der Waals surface area contributed by atoms with Crippen LogP contribution in [0.15, 0.2) is 0 Å². The monoisotopic (exact) mass is 1070 g/mol. The number of aliphatic hydroxyl groups is 18. The van der Waals surface area contributed by atoms with Gasteiger partial charge in [0.15, 0.2) is 37.7 Å². The highest BCUT2D eigenvalue weighted by atomic mass is 16.8. The number of carbonyl (C=O) groups is 2. The molecule has 0 bridgehead atoms. The minimum absolute atomic E-state index is 0.720. The summed E-state index contributed by atoms with van der Waals surface area (Å²) < 4.78 is 62.9. The number of nitrogens with one attached hydrogen (secondary N) is 2. The van der Waals surface area contributed by atoms with E-state index in [1.807, 2.05) is 0 Å². The Morgan fingerprint density at radius 2 is 0.740 bits per heavy atom. The van der Waals surface area contributed by atoms with Crippen molar-refractivity contribution < 1.29 is 154 Å². The fourth-order valence-electron chi connectivity index (χ4n) is 9.20. The summed E-state index contributed by atoms with van der Waals surface area (Å²) >= 11 is 0.